The minimum atomic E-state index is 0.0826. The summed E-state index contributed by atoms with van der Waals surface area (Å²) in [7, 11) is 0. The molecule has 0 saturated carbocycles. The Hall–Kier alpha value is -0.600. The van der Waals surface area contributed by atoms with Crippen LogP contribution in [0.1, 0.15) is 26.0 Å². The molecular formula is C11H17ClN2. The van der Waals surface area contributed by atoms with E-state index in [1.54, 1.807) is 0 Å². The van der Waals surface area contributed by atoms with Crippen LogP contribution in [0.4, 0.5) is 0 Å². The van der Waals surface area contributed by atoms with Crippen molar-refractivity contribution >= 4 is 11.6 Å². The standard InChI is InChI=1S/C11H17ClN2/c1-11(2,6-7-12)14-9-10-5-3-4-8-13-10/h3-5,8,14H,6-7,9H2,1-2H3. The lowest BCUT2D eigenvalue weighted by molar-refractivity contribution is 0.374. The van der Waals surface area contributed by atoms with E-state index >= 15 is 0 Å². The van der Waals surface area contributed by atoms with Gasteiger partial charge in [-0.1, -0.05) is 6.07 Å². The number of halogens is 1. The van der Waals surface area contributed by atoms with Gasteiger partial charge >= 0.3 is 0 Å². The molecule has 78 valence electrons. The van der Waals surface area contributed by atoms with Gasteiger partial charge < -0.3 is 5.32 Å². The highest BCUT2D eigenvalue weighted by atomic mass is 35.5. The SMILES string of the molecule is CC(C)(CCCl)NCc1ccccn1. The van der Waals surface area contributed by atoms with Crippen LogP contribution in [-0.4, -0.2) is 16.4 Å². The van der Waals surface area contributed by atoms with Gasteiger partial charge in [-0.05, 0) is 32.4 Å². The Morgan fingerprint density at radius 3 is 2.79 bits per heavy atom. The fraction of sp³-hybridized carbons (Fsp3) is 0.545. The molecule has 0 aliphatic heterocycles. The minimum Gasteiger partial charge on any atom is -0.306 e. The molecule has 0 aromatic carbocycles. The molecule has 14 heavy (non-hydrogen) atoms. The molecule has 0 atom stereocenters. The van der Waals surface area contributed by atoms with E-state index in [0.717, 1.165) is 18.7 Å². The summed E-state index contributed by atoms with van der Waals surface area (Å²) in [6.45, 7) is 5.10. The van der Waals surface area contributed by atoms with E-state index in [9.17, 15) is 0 Å². The average molecular weight is 213 g/mol. The molecule has 0 unspecified atom stereocenters. The van der Waals surface area contributed by atoms with Crippen molar-refractivity contribution in [2.24, 2.45) is 0 Å². The van der Waals surface area contributed by atoms with Crippen LogP contribution >= 0.6 is 11.6 Å². The Labute approximate surface area is 90.7 Å². The molecule has 1 heterocycles. The van der Waals surface area contributed by atoms with Crippen molar-refractivity contribution in [2.45, 2.75) is 32.4 Å². The highest BCUT2D eigenvalue weighted by Crippen LogP contribution is 2.10. The summed E-state index contributed by atoms with van der Waals surface area (Å²) < 4.78 is 0. The summed E-state index contributed by atoms with van der Waals surface area (Å²) in [5.74, 6) is 0.683. The first-order chi connectivity index (χ1) is 6.64. The summed E-state index contributed by atoms with van der Waals surface area (Å²) in [5.41, 5.74) is 1.15. The molecule has 1 aromatic rings. The number of nitrogens with one attached hydrogen (secondary N) is 1. The second-order valence-electron chi connectivity index (χ2n) is 4.00. The van der Waals surface area contributed by atoms with Crippen LogP contribution in [0.2, 0.25) is 0 Å². The fourth-order valence-corrected chi connectivity index (χ4v) is 1.63. The second-order valence-corrected chi connectivity index (χ2v) is 4.38. The third-order valence-electron chi connectivity index (χ3n) is 2.19. The highest BCUT2D eigenvalue weighted by Gasteiger charge is 2.15. The molecular weight excluding hydrogens is 196 g/mol. The Morgan fingerprint density at radius 2 is 2.21 bits per heavy atom. The first kappa shape index (κ1) is 11.5. The third kappa shape index (κ3) is 4.07. The second kappa shape index (κ2) is 5.32. The number of rotatable bonds is 5. The van der Waals surface area contributed by atoms with Crippen molar-refractivity contribution in [3.63, 3.8) is 0 Å². The van der Waals surface area contributed by atoms with Gasteiger partial charge in [0, 0.05) is 24.2 Å². The first-order valence-electron chi connectivity index (χ1n) is 4.85. The van der Waals surface area contributed by atoms with E-state index in [1.165, 1.54) is 0 Å². The number of nitrogens with zero attached hydrogens (tertiary/aromatic N) is 1. The van der Waals surface area contributed by atoms with Crippen molar-refractivity contribution in [3.05, 3.63) is 30.1 Å². The lowest BCUT2D eigenvalue weighted by atomic mass is 10.0. The van der Waals surface area contributed by atoms with Gasteiger partial charge in [-0.15, -0.1) is 11.6 Å². The molecule has 0 saturated heterocycles. The molecule has 2 nitrogen and oxygen atoms in total. The quantitative estimate of drug-likeness (QED) is 0.759. The van der Waals surface area contributed by atoms with E-state index in [1.807, 2.05) is 24.4 Å². The maximum atomic E-state index is 5.71. The Morgan fingerprint density at radius 1 is 1.43 bits per heavy atom. The van der Waals surface area contributed by atoms with Crippen LogP contribution in [0.3, 0.4) is 0 Å². The summed E-state index contributed by atoms with van der Waals surface area (Å²) in [5, 5.41) is 3.43. The fourth-order valence-electron chi connectivity index (χ4n) is 1.16. The van der Waals surface area contributed by atoms with Crippen LogP contribution in [0.15, 0.2) is 24.4 Å². The Bertz CT molecular complexity index is 259. The summed E-state index contributed by atoms with van der Waals surface area (Å²) in [6.07, 6.45) is 2.77. The predicted octanol–water partition coefficient (Wildman–Crippen LogP) is 2.58. The first-order valence-corrected chi connectivity index (χ1v) is 5.38. The molecule has 0 aliphatic carbocycles. The molecule has 3 heteroatoms. The predicted molar refractivity (Wildman–Crippen MR) is 60.5 cm³/mol. The zero-order valence-electron chi connectivity index (χ0n) is 8.76. The molecule has 0 bridgehead atoms. The molecule has 0 fully saturated rings. The van der Waals surface area contributed by atoms with Crippen LogP contribution in [-0.2, 0) is 6.54 Å². The van der Waals surface area contributed by atoms with Crippen molar-refractivity contribution in [1.29, 1.82) is 0 Å². The number of aromatic nitrogens is 1. The van der Waals surface area contributed by atoms with Crippen molar-refractivity contribution in [3.8, 4) is 0 Å². The lowest BCUT2D eigenvalue weighted by Gasteiger charge is -2.25. The molecule has 0 spiro atoms. The van der Waals surface area contributed by atoms with E-state index in [4.69, 9.17) is 11.6 Å². The third-order valence-corrected chi connectivity index (χ3v) is 2.38. The summed E-state index contributed by atoms with van der Waals surface area (Å²) >= 11 is 5.71. The van der Waals surface area contributed by atoms with Crippen LogP contribution in [0.5, 0.6) is 0 Å². The van der Waals surface area contributed by atoms with Gasteiger partial charge in [-0.2, -0.15) is 0 Å². The molecule has 0 aliphatic rings. The number of alkyl halides is 1. The zero-order valence-corrected chi connectivity index (χ0v) is 9.51. The largest absolute Gasteiger partial charge is 0.306 e. The van der Waals surface area contributed by atoms with Crippen molar-refractivity contribution in [2.75, 3.05) is 5.88 Å². The van der Waals surface area contributed by atoms with Gasteiger partial charge in [0.05, 0.1) is 5.69 Å². The van der Waals surface area contributed by atoms with Gasteiger partial charge in [0.1, 0.15) is 0 Å². The van der Waals surface area contributed by atoms with Gasteiger partial charge in [0.2, 0.25) is 0 Å². The van der Waals surface area contributed by atoms with Crippen LogP contribution in [0, 0.1) is 0 Å². The average Bonchev–Trinajstić information content (AvgIpc) is 2.17. The van der Waals surface area contributed by atoms with E-state index in [-0.39, 0.29) is 5.54 Å². The number of hydrogen-bond donors (Lipinski definition) is 1. The Kier molecular flexibility index (Phi) is 4.36. The molecule has 1 N–H and O–H groups in total. The van der Waals surface area contributed by atoms with Gasteiger partial charge in [0.15, 0.2) is 0 Å². The number of pyridine rings is 1. The molecule has 1 rings (SSSR count). The minimum absolute atomic E-state index is 0.0826. The van der Waals surface area contributed by atoms with Crippen molar-refractivity contribution in [1.82, 2.24) is 10.3 Å². The van der Waals surface area contributed by atoms with Gasteiger partial charge in [0.25, 0.3) is 0 Å². The normalized spacial score (nSPS) is 11.6. The molecule has 0 amide bonds. The molecule has 0 radical (unpaired) electrons. The zero-order chi connectivity index (χ0) is 10.4. The van der Waals surface area contributed by atoms with E-state index in [0.29, 0.717) is 5.88 Å². The molecule has 1 aromatic heterocycles. The topological polar surface area (TPSA) is 24.9 Å². The number of hydrogen-bond acceptors (Lipinski definition) is 2. The van der Waals surface area contributed by atoms with Crippen LogP contribution < -0.4 is 5.32 Å². The monoisotopic (exact) mass is 212 g/mol. The van der Waals surface area contributed by atoms with Crippen LogP contribution in [0.25, 0.3) is 0 Å². The maximum absolute atomic E-state index is 5.71. The van der Waals surface area contributed by atoms with E-state index < -0.39 is 0 Å². The lowest BCUT2D eigenvalue weighted by Crippen LogP contribution is -2.39. The maximum Gasteiger partial charge on any atom is 0.0541 e. The Balaban J connectivity index is 2.40. The van der Waals surface area contributed by atoms with Gasteiger partial charge in [-0.25, -0.2) is 0 Å². The van der Waals surface area contributed by atoms with Crippen molar-refractivity contribution < 1.29 is 0 Å². The van der Waals surface area contributed by atoms with E-state index in [2.05, 4.69) is 24.1 Å². The highest BCUT2D eigenvalue weighted by molar-refractivity contribution is 6.17. The smallest absolute Gasteiger partial charge is 0.0541 e. The summed E-state index contributed by atoms with van der Waals surface area (Å²) in [4.78, 5) is 4.25. The van der Waals surface area contributed by atoms with Gasteiger partial charge in [-0.3, -0.25) is 4.98 Å². The summed E-state index contributed by atoms with van der Waals surface area (Å²) in [6, 6.07) is 5.94.